The molecule has 3 heteroatoms. The van der Waals surface area contributed by atoms with Crippen LogP contribution < -0.4 is 4.90 Å². The van der Waals surface area contributed by atoms with Crippen LogP contribution in [0.25, 0.3) is 10.9 Å². The molecule has 20 heavy (non-hydrogen) atoms. The number of anilines is 1. The molecule has 1 aliphatic carbocycles. The van der Waals surface area contributed by atoms with E-state index in [0.29, 0.717) is 0 Å². The highest BCUT2D eigenvalue weighted by atomic mass is 35.5. The van der Waals surface area contributed by atoms with Gasteiger partial charge < -0.3 is 4.90 Å². The van der Waals surface area contributed by atoms with Gasteiger partial charge in [-0.05, 0) is 62.3 Å². The van der Waals surface area contributed by atoms with Crippen molar-refractivity contribution in [2.45, 2.75) is 38.5 Å². The Balaban J connectivity index is 1.86. The van der Waals surface area contributed by atoms with Crippen LogP contribution in [0.2, 0.25) is 5.02 Å². The highest BCUT2D eigenvalue weighted by Crippen LogP contribution is 2.35. The number of hydrogen-bond acceptors (Lipinski definition) is 2. The Bertz CT molecular complexity index is 660. The van der Waals surface area contributed by atoms with E-state index in [1.807, 2.05) is 0 Å². The molecule has 0 spiro atoms. The van der Waals surface area contributed by atoms with E-state index in [2.05, 4.69) is 23.1 Å². The normalized spacial score (nSPS) is 18.6. The second-order valence-corrected chi connectivity index (χ2v) is 6.33. The van der Waals surface area contributed by atoms with Crippen LogP contribution >= 0.6 is 11.6 Å². The molecular formula is C17H19ClN2. The highest BCUT2D eigenvalue weighted by Gasteiger charge is 2.18. The molecule has 1 aromatic heterocycles. The van der Waals surface area contributed by atoms with E-state index in [1.54, 1.807) is 0 Å². The summed E-state index contributed by atoms with van der Waals surface area (Å²) in [6.45, 7) is 2.34. The van der Waals surface area contributed by atoms with Crippen molar-refractivity contribution in [3.8, 4) is 0 Å². The van der Waals surface area contributed by atoms with Crippen molar-refractivity contribution in [3.05, 3.63) is 34.5 Å². The zero-order valence-electron chi connectivity index (χ0n) is 11.7. The van der Waals surface area contributed by atoms with E-state index in [9.17, 15) is 0 Å². The van der Waals surface area contributed by atoms with Crippen LogP contribution in [-0.4, -0.2) is 18.1 Å². The number of aryl methyl sites for hydroxylation is 1. The molecule has 0 unspecified atom stereocenters. The molecule has 1 fully saturated rings. The lowest BCUT2D eigenvalue weighted by Crippen LogP contribution is -2.17. The first-order valence-corrected chi connectivity index (χ1v) is 8.07. The quantitative estimate of drug-likeness (QED) is 0.774. The molecule has 0 N–H and O–H groups in total. The topological polar surface area (TPSA) is 16.1 Å². The number of halogens is 1. The van der Waals surface area contributed by atoms with Crippen molar-refractivity contribution in [2.24, 2.45) is 0 Å². The van der Waals surface area contributed by atoms with Crippen molar-refractivity contribution < 1.29 is 0 Å². The first-order valence-electron chi connectivity index (χ1n) is 7.69. The fraction of sp³-hybridized carbons (Fsp3) is 0.471. The molecule has 104 valence electrons. The SMILES string of the molecule is Clc1c2c(nc3ccc(N4CCCC4)cc13)CCCC2. The van der Waals surface area contributed by atoms with Crippen molar-refractivity contribution in [2.75, 3.05) is 18.0 Å². The number of fused-ring (bicyclic) bond motifs is 2. The molecule has 1 saturated heterocycles. The van der Waals surface area contributed by atoms with Gasteiger partial charge in [0, 0.05) is 29.9 Å². The molecule has 0 amide bonds. The minimum absolute atomic E-state index is 0.950. The predicted molar refractivity (Wildman–Crippen MR) is 84.8 cm³/mol. The molecule has 2 aromatic rings. The van der Waals surface area contributed by atoms with Crippen molar-refractivity contribution in [1.82, 2.24) is 4.98 Å². The van der Waals surface area contributed by atoms with Gasteiger partial charge in [0.05, 0.1) is 10.5 Å². The van der Waals surface area contributed by atoms with Gasteiger partial charge in [0.15, 0.2) is 0 Å². The second-order valence-electron chi connectivity index (χ2n) is 5.95. The summed E-state index contributed by atoms with van der Waals surface area (Å²) in [6.07, 6.45) is 7.26. The average Bonchev–Trinajstić information content (AvgIpc) is 3.02. The number of pyridine rings is 1. The van der Waals surface area contributed by atoms with E-state index >= 15 is 0 Å². The summed E-state index contributed by atoms with van der Waals surface area (Å²) < 4.78 is 0. The summed E-state index contributed by atoms with van der Waals surface area (Å²) in [6, 6.07) is 6.58. The minimum atomic E-state index is 0.950. The maximum atomic E-state index is 6.68. The van der Waals surface area contributed by atoms with Crippen LogP contribution in [-0.2, 0) is 12.8 Å². The van der Waals surface area contributed by atoms with E-state index < -0.39 is 0 Å². The predicted octanol–water partition coefficient (Wildman–Crippen LogP) is 4.37. The molecule has 0 radical (unpaired) electrons. The van der Waals surface area contributed by atoms with E-state index in [4.69, 9.17) is 16.6 Å². The third-order valence-electron chi connectivity index (χ3n) is 4.65. The lowest BCUT2D eigenvalue weighted by atomic mass is 9.94. The maximum absolute atomic E-state index is 6.68. The number of benzene rings is 1. The van der Waals surface area contributed by atoms with Gasteiger partial charge >= 0.3 is 0 Å². The third-order valence-corrected chi connectivity index (χ3v) is 5.08. The van der Waals surface area contributed by atoms with Crippen LogP contribution in [0.15, 0.2) is 18.2 Å². The van der Waals surface area contributed by atoms with Gasteiger partial charge in [0.25, 0.3) is 0 Å². The van der Waals surface area contributed by atoms with Crippen LogP contribution in [0.4, 0.5) is 5.69 Å². The minimum Gasteiger partial charge on any atom is -0.372 e. The van der Waals surface area contributed by atoms with Gasteiger partial charge in [0.2, 0.25) is 0 Å². The highest BCUT2D eigenvalue weighted by molar-refractivity contribution is 6.36. The molecule has 0 bridgehead atoms. The summed E-state index contributed by atoms with van der Waals surface area (Å²) >= 11 is 6.68. The van der Waals surface area contributed by atoms with Gasteiger partial charge in [-0.15, -0.1) is 0 Å². The van der Waals surface area contributed by atoms with E-state index in [1.165, 1.54) is 55.7 Å². The summed E-state index contributed by atoms with van der Waals surface area (Å²) in [5.41, 5.74) is 4.87. The Labute approximate surface area is 124 Å². The Morgan fingerprint density at radius 2 is 1.80 bits per heavy atom. The van der Waals surface area contributed by atoms with Crippen LogP contribution in [0.3, 0.4) is 0 Å². The molecule has 0 atom stereocenters. The molecule has 2 aliphatic rings. The van der Waals surface area contributed by atoms with Crippen LogP contribution in [0.1, 0.15) is 36.9 Å². The molecule has 2 heterocycles. The largest absolute Gasteiger partial charge is 0.372 e. The standard InChI is InChI=1S/C17H19ClN2/c18-17-13-5-1-2-6-15(13)19-16-8-7-12(11-14(16)17)20-9-3-4-10-20/h7-8,11H,1-6,9-10H2. The first kappa shape index (κ1) is 12.5. The van der Waals surface area contributed by atoms with Gasteiger partial charge in [-0.2, -0.15) is 0 Å². The second kappa shape index (κ2) is 4.92. The molecule has 2 nitrogen and oxygen atoms in total. The average molecular weight is 287 g/mol. The van der Waals surface area contributed by atoms with Crippen LogP contribution in [0.5, 0.6) is 0 Å². The number of nitrogens with zero attached hydrogens (tertiary/aromatic N) is 2. The molecular weight excluding hydrogens is 268 g/mol. The zero-order valence-corrected chi connectivity index (χ0v) is 12.4. The fourth-order valence-electron chi connectivity index (χ4n) is 3.53. The summed E-state index contributed by atoms with van der Waals surface area (Å²) in [5.74, 6) is 0. The van der Waals surface area contributed by atoms with Gasteiger partial charge in [-0.3, -0.25) is 4.98 Å². The third kappa shape index (κ3) is 1.98. The Morgan fingerprint density at radius 1 is 1.00 bits per heavy atom. The zero-order chi connectivity index (χ0) is 13.5. The van der Waals surface area contributed by atoms with Gasteiger partial charge in [-0.1, -0.05) is 11.6 Å². The summed E-state index contributed by atoms with van der Waals surface area (Å²) in [7, 11) is 0. The van der Waals surface area contributed by atoms with Crippen molar-refractivity contribution in [1.29, 1.82) is 0 Å². The Morgan fingerprint density at radius 3 is 2.65 bits per heavy atom. The van der Waals surface area contributed by atoms with Crippen LogP contribution in [0, 0.1) is 0 Å². The maximum Gasteiger partial charge on any atom is 0.0722 e. The van der Waals surface area contributed by atoms with E-state index in [-0.39, 0.29) is 0 Å². The van der Waals surface area contributed by atoms with E-state index in [0.717, 1.165) is 28.8 Å². The molecule has 1 aromatic carbocycles. The monoisotopic (exact) mass is 286 g/mol. The summed E-state index contributed by atoms with van der Waals surface area (Å²) in [5, 5.41) is 2.09. The van der Waals surface area contributed by atoms with Gasteiger partial charge in [0.1, 0.15) is 0 Å². The van der Waals surface area contributed by atoms with Crippen molar-refractivity contribution in [3.63, 3.8) is 0 Å². The fourth-order valence-corrected chi connectivity index (χ4v) is 3.88. The Hall–Kier alpha value is -1.28. The lowest BCUT2D eigenvalue weighted by molar-refractivity contribution is 0.671. The molecule has 0 saturated carbocycles. The molecule has 1 aliphatic heterocycles. The number of rotatable bonds is 1. The molecule has 4 rings (SSSR count). The Kier molecular flexibility index (Phi) is 3.07. The van der Waals surface area contributed by atoms with Crippen molar-refractivity contribution >= 4 is 28.2 Å². The summed E-state index contributed by atoms with van der Waals surface area (Å²) in [4.78, 5) is 7.29. The van der Waals surface area contributed by atoms with Gasteiger partial charge in [-0.25, -0.2) is 0 Å². The lowest BCUT2D eigenvalue weighted by Gasteiger charge is -2.21. The number of hydrogen-bond donors (Lipinski definition) is 0. The smallest absolute Gasteiger partial charge is 0.0722 e. The number of aromatic nitrogens is 1. The first-order chi connectivity index (χ1) is 9.83.